The molecule has 0 amide bonds. The highest BCUT2D eigenvalue weighted by Crippen LogP contribution is 2.28. The van der Waals surface area contributed by atoms with Gasteiger partial charge in [-0.1, -0.05) is 62.2 Å². The van der Waals surface area contributed by atoms with Crippen LogP contribution in [-0.2, 0) is 22.1 Å². The Bertz CT molecular complexity index is 1530. The molecule has 0 unspecified atom stereocenters. The summed E-state index contributed by atoms with van der Waals surface area (Å²) < 4.78 is 25.8. The number of hydrogen-bond donors (Lipinski definition) is 2. The van der Waals surface area contributed by atoms with Crippen molar-refractivity contribution >= 4 is 9.84 Å². The highest BCUT2D eigenvalue weighted by molar-refractivity contribution is 7.90. The molecule has 2 saturated heterocycles. The van der Waals surface area contributed by atoms with E-state index in [4.69, 9.17) is 4.98 Å². The molecule has 2 aromatic carbocycles. The van der Waals surface area contributed by atoms with Crippen molar-refractivity contribution in [3.63, 3.8) is 0 Å². The molecule has 0 radical (unpaired) electrons. The molecule has 40 heavy (non-hydrogen) atoms. The fraction of sp³-hybridized carbons (Fsp3) is 0.281. The number of hydrogen-bond acceptors (Lipinski definition) is 6. The van der Waals surface area contributed by atoms with Crippen molar-refractivity contribution in [1.29, 1.82) is 0 Å². The number of aromatic amines is 1. The largest absolute Gasteiger partial charge is 0.351 e. The van der Waals surface area contributed by atoms with Crippen molar-refractivity contribution in [2.45, 2.75) is 43.0 Å². The molecule has 0 atom stereocenters. The van der Waals surface area contributed by atoms with Gasteiger partial charge in [-0.15, -0.1) is 0 Å². The maximum absolute atomic E-state index is 12.9. The number of piperidine rings is 1. The van der Waals surface area contributed by atoms with Gasteiger partial charge >= 0.3 is 0 Å². The van der Waals surface area contributed by atoms with Crippen LogP contribution in [0.3, 0.4) is 0 Å². The first-order chi connectivity index (χ1) is 19.2. The average molecular weight is 556 g/mol. The molecular formula is C32H37N5O2S. The number of benzene rings is 2. The number of likely N-dealkylation sites (tertiary alicyclic amines) is 1. The second-order valence-electron chi connectivity index (χ2n) is 10.5. The normalized spacial score (nSPS) is 18.2. The van der Waals surface area contributed by atoms with Crippen LogP contribution in [0.5, 0.6) is 0 Å². The number of aryl methyl sites for hydroxylation is 1. The van der Waals surface area contributed by atoms with Crippen molar-refractivity contribution in [2.24, 2.45) is 0 Å². The van der Waals surface area contributed by atoms with Crippen molar-refractivity contribution in [2.75, 3.05) is 19.6 Å². The van der Waals surface area contributed by atoms with Gasteiger partial charge in [0.1, 0.15) is 5.82 Å². The van der Waals surface area contributed by atoms with E-state index >= 15 is 0 Å². The second kappa shape index (κ2) is 11.7. The molecular weight excluding hydrogens is 518 g/mol. The number of imidazole rings is 1. The fourth-order valence-electron chi connectivity index (χ4n) is 5.43. The molecule has 5 rings (SSSR count). The highest BCUT2D eigenvalue weighted by atomic mass is 32.2. The van der Waals surface area contributed by atoms with Crippen LogP contribution in [0, 0.1) is 6.92 Å². The lowest BCUT2D eigenvalue weighted by atomic mass is 10.00. The first kappa shape index (κ1) is 27.7. The van der Waals surface area contributed by atoms with Gasteiger partial charge in [0.15, 0.2) is 9.84 Å². The van der Waals surface area contributed by atoms with E-state index in [1.54, 1.807) is 18.2 Å². The maximum atomic E-state index is 12.9. The Balaban J connectivity index is 1.20. The summed E-state index contributed by atoms with van der Waals surface area (Å²) in [5.74, 6) is 1.65. The zero-order valence-electron chi connectivity index (χ0n) is 23.1. The van der Waals surface area contributed by atoms with Crippen LogP contribution >= 0.6 is 0 Å². The summed E-state index contributed by atoms with van der Waals surface area (Å²) in [6, 6.07) is 16.7. The number of nitrogens with zero attached hydrogens (tertiary/aromatic N) is 3. The molecule has 3 heterocycles. The summed E-state index contributed by atoms with van der Waals surface area (Å²) >= 11 is 0. The molecule has 2 aliphatic heterocycles. The van der Waals surface area contributed by atoms with E-state index in [0.29, 0.717) is 10.9 Å². The summed E-state index contributed by atoms with van der Waals surface area (Å²) in [6.45, 7) is 17.7. The number of H-pyrrole nitrogens is 1. The second-order valence-corrected chi connectivity index (χ2v) is 12.5. The van der Waals surface area contributed by atoms with Crippen LogP contribution in [0.4, 0.5) is 0 Å². The molecule has 8 heteroatoms. The summed E-state index contributed by atoms with van der Waals surface area (Å²) in [7, 11) is -3.42. The first-order valence-corrected chi connectivity index (χ1v) is 15.3. The fourth-order valence-corrected chi connectivity index (χ4v) is 6.78. The standard InChI is InChI=1S/C32H37N5O2S/c1-5-9-28-20-37(25(4)33-23(28)2)29-16-18-36(19-17-29)21-31-24(3)34-32(35-31)27-12-14-30(15-13-27)40(38,39)22-26-10-7-6-8-11-26/h5-15,29,33H,1-2,4,16-22H2,3H3,(H,34,35)/b28-9-. The lowest BCUT2D eigenvalue weighted by Gasteiger charge is -2.43. The minimum atomic E-state index is -3.42. The van der Waals surface area contributed by atoms with Crippen LogP contribution in [0.1, 0.15) is 29.8 Å². The molecule has 2 N–H and O–H groups in total. The molecule has 1 aromatic heterocycles. The van der Waals surface area contributed by atoms with E-state index in [-0.39, 0.29) is 5.75 Å². The van der Waals surface area contributed by atoms with Gasteiger partial charge in [-0.3, -0.25) is 4.90 Å². The lowest BCUT2D eigenvalue weighted by molar-refractivity contribution is 0.126. The molecule has 0 bridgehead atoms. The summed E-state index contributed by atoms with van der Waals surface area (Å²) in [5.41, 5.74) is 5.74. The van der Waals surface area contributed by atoms with E-state index < -0.39 is 9.84 Å². The van der Waals surface area contributed by atoms with Crippen LogP contribution in [0.2, 0.25) is 0 Å². The Morgan fingerprint density at radius 2 is 1.75 bits per heavy atom. The van der Waals surface area contributed by atoms with Crippen LogP contribution in [0.15, 0.2) is 108 Å². The predicted octanol–water partition coefficient (Wildman–Crippen LogP) is 5.33. The number of allylic oxidation sites excluding steroid dienone is 2. The van der Waals surface area contributed by atoms with Gasteiger partial charge in [0, 0.05) is 49.2 Å². The summed E-state index contributed by atoms with van der Waals surface area (Å²) in [4.78, 5) is 13.4. The Hall–Kier alpha value is -3.88. The molecule has 0 spiro atoms. The van der Waals surface area contributed by atoms with Gasteiger partial charge in [-0.05, 0) is 55.2 Å². The average Bonchev–Trinajstić information content (AvgIpc) is 3.31. The first-order valence-electron chi connectivity index (χ1n) is 13.6. The number of sulfone groups is 1. The highest BCUT2D eigenvalue weighted by Gasteiger charge is 2.29. The van der Waals surface area contributed by atoms with Gasteiger partial charge < -0.3 is 15.2 Å². The molecule has 0 aliphatic carbocycles. The third-order valence-corrected chi connectivity index (χ3v) is 9.44. The van der Waals surface area contributed by atoms with Crippen molar-refractivity contribution in [3.05, 3.63) is 121 Å². The smallest absolute Gasteiger partial charge is 0.182 e. The third kappa shape index (κ3) is 6.13. The minimum absolute atomic E-state index is 0.0156. The van der Waals surface area contributed by atoms with Gasteiger partial charge in [-0.25, -0.2) is 13.4 Å². The Labute approximate surface area is 237 Å². The van der Waals surface area contributed by atoms with E-state index in [1.165, 1.54) is 0 Å². The zero-order valence-corrected chi connectivity index (χ0v) is 23.9. The van der Waals surface area contributed by atoms with Crippen LogP contribution in [0.25, 0.3) is 11.4 Å². The topological polar surface area (TPSA) is 81.3 Å². The van der Waals surface area contributed by atoms with E-state index in [9.17, 15) is 8.42 Å². The maximum Gasteiger partial charge on any atom is 0.182 e. The quantitative estimate of drug-likeness (QED) is 0.391. The summed E-state index contributed by atoms with van der Waals surface area (Å²) in [6.07, 6.45) is 5.91. The third-order valence-electron chi connectivity index (χ3n) is 7.73. The van der Waals surface area contributed by atoms with Gasteiger partial charge in [0.25, 0.3) is 0 Å². The Morgan fingerprint density at radius 3 is 2.42 bits per heavy atom. The molecule has 2 fully saturated rings. The molecule has 0 saturated carbocycles. The zero-order chi connectivity index (χ0) is 28.3. The van der Waals surface area contributed by atoms with Crippen LogP contribution < -0.4 is 5.32 Å². The van der Waals surface area contributed by atoms with Crippen molar-refractivity contribution in [3.8, 4) is 11.4 Å². The van der Waals surface area contributed by atoms with Crippen molar-refractivity contribution < 1.29 is 8.42 Å². The monoisotopic (exact) mass is 555 g/mol. The van der Waals surface area contributed by atoms with E-state index in [1.807, 2.05) is 55.5 Å². The van der Waals surface area contributed by atoms with Gasteiger partial charge in [0.05, 0.1) is 22.2 Å². The SMILES string of the molecule is C=C/C=C1/CN(C2CCN(Cc3nc(-c4ccc(S(=O)(=O)Cc5ccccc5)cc4)[nH]c3C)CC2)C(=C)NC1=C. The van der Waals surface area contributed by atoms with Crippen LogP contribution in [-0.4, -0.2) is 53.9 Å². The number of aromatic nitrogens is 2. The van der Waals surface area contributed by atoms with E-state index in [0.717, 1.165) is 84.5 Å². The molecule has 208 valence electrons. The van der Waals surface area contributed by atoms with Gasteiger partial charge in [-0.2, -0.15) is 0 Å². The Kier molecular flexibility index (Phi) is 8.09. The Morgan fingerprint density at radius 1 is 1.05 bits per heavy atom. The minimum Gasteiger partial charge on any atom is -0.351 e. The van der Waals surface area contributed by atoms with Gasteiger partial charge in [0.2, 0.25) is 0 Å². The number of rotatable bonds is 8. The molecule has 3 aromatic rings. The molecule has 2 aliphatic rings. The van der Waals surface area contributed by atoms with E-state index in [2.05, 4.69) is 39.8 Å². The van der Waals surface area contributed by atoms with Crippen molar-refractivity contribution in [1.82, 2.24) is 25.1 Å². The lowest BCUT2D eigenvalue weighted by Crippen LogP contribution is -2.49. The summed E-state index contributed by atoms with van der Waals surface area (Å²) in [5, 5.41) is 3.32. The molecule has 7 nitrogen and oxygen atoms in total. The predicted molar refractivity (Wildman–Crippen MR) is 161 cm³/mol. The number of nitrogens with one attached hydrogen (secondary N) is 2.